The van der Waals surface area contributed by atoms with Crippen molar-refractivity contribution in [1.82, 2.24) is 14.7 Å². The van der Waals surface area contributed by atoms with Gasteiger partial charge in [0.15, 0.2) is 5.11 Å². The van der Waals surface area contributed by atoms with E-state index in [0.717, 1.165) is 67.4 Å². The number of nitrogens with zero attached hydrogens (tertiary/aromatic N) is 3. The van der Waals surface area contributed by atoms with Crippen LogP contribution in [0.3, 0.4) is 0 Å². The first kappa shape index (κ1) is 17.6. The lowest BCUT2D eigenvalue weighted by atomic mass is 10.3. The highest BCUT2D eigenvalue weighted by Gasteiger charge is 2.24. The first-order valence-electron chi connectivity index (χ1n) is 8.43. The first-order valence-corrected chi connectivity index (χ1v) is 9.63. The summed E-state index contributed by atoms with van der Waals surface area (Å²) in [6, 6.07) is 7.99. The fourth-order valence-corrected chi connectivity index (χ4v) is 3.84. The zero-order chi connectivity index (χ0) is 16.9. The molecule has 1 amide bonds. The Hall–Kier alpha value is -1.18. The number of nitrogens with one attached hydrogen (secondary N) is 1. The summed E-state index contributed by atoms with van der Waals surface area (Å²) >= 11 is 8.99. The van der Waals surface area contributed by atoms with Crippen LogP contribution in [0.2, 0.25) is 0 Å². The SMILES string of the molecule is O=C(CN1CCN(C(=S)Nc2cccc(Br)c2)CC1)N1CCCC1. The van der Waals surface area contributed by atoms with Gasteiger partial charge in [0.2, 0.25) is 5.91 Å². The molecular formula is C17H23BrN4OS. The summed E-state index contributed by atoms with van der Waals surface area (Å²) in [7, 11) is 0. The first-order chi connectivity index (χ1) is 11.6. The molecular weight excluding hydrogens is 388 g/mol. The molecule has 0 atom stereocenters. The summed E-state index contributed by atoms with van der Waals surface area (Å²) in [5, 5.41) is 4.04. The lowest BCUT2D eigenvalue weighted by Crippen LogP contribution is -2.52. The number of carbonyl (C=O) groups is 1. The molecule has 0 bridgehead atoms. The van der Waals surface area contributed by atoms with Gasteiger partial charge in [-0.05, 0) is 43.3 Å². The number of halogens is 1. The molecule has 7 heteroatoms. The smallest absolute Gasteiger partial charge is 0.236 e. The van der Waals surface area contributed by atoms with Crippen molar-refractivity contribution in [3.05, 3.63) is 28.7 Å². The number of hydrogen-bond acceptors (Lipinski definition) is 3. The van der Waals surface area contributed by atoms with Gasteiger partial charge < -0.3 is 15.1 Å². The number of anilines is 1. The van der Waals surface area contributed by atoms with E-state index in [0.29, 0.717) is 6.54 Å². The number of rotatable bonds is 3. The molecule has 2 aliphatic heterocycles. The van der Waals surface area contributed by atoms with Crippen LogP contribution in [0.4, 0.5) is 5.69 Å². The minimum Gasteiger partial charge on any atom is -0.346 e. The molecule has 0 aromatic heterocycles. The predicted octanol–water partition coefficient (Wildman–Crippen LogP) is 2.39. The van der Waals surface area contributed by atoms with Crippen LogP contribution in [0.1, 0.15) is 12.8 Å². The van der Waals surface area contributed by atoms with Gasteiger partial charge in [-0.3, -0.25) is 9.69 Å². The maximum Gasteiger partial charge on any atom is 0.236 e. The second-order valence-corrected chi connectivity index (χ2v) is 7.59. The van der Waals surface area contributed by atoms with Crippen LogP contribution < -0.4 is 5.32 Å². The summed E-state index contributed by atoms with van der Waals surface area (Å²) in [4.78, 5) is 18.6. The average molecular weight is 411 g/mol. The zero-order valence-corrected chi connectivity index (χ0v) is 16.1. The molecule has 0 saturated carbocycles. The molecule has 0 spiro atoms. The highest BCUT2D eigenvalue weighted by atomic mass is 79.9. The van der Waals surface area contributed by atoms with Crippen LogP contribution in [0, 0.1) is 0 Å². The third-order valence-electron chi connectivity index (χ3n) is 4.55. The molecule has 1 aromatic carbocycles. The standard InChI is InChI=1S/C17H23BrN4OS/c18-14-4-3-5-15(12-14)19-17(24)22-10-8-20(9-11-22)13-16(23)21-6-1-2-7-21/h3-5,12H,1-2,6-11,13H2,(H,19,24). The highest BCUT2D eigenvalue weighted by Crippen LogP contribution is 2.16. The van der Waals surface area contributed by atoms with E-state index in [1.54, 1.807) is 0 Å². The molecule has 130 valence electrons. The Labute approximate surface area is 157 Å². The van der Waals surface area contributed by atoms with E-state index in [4.69, 9.17) is 12.2 Å². The van der Waals surface area contributed by atoms with Gasteiger partial charge in [-0.2, -0.15) is 0 Å². The van der Waals surface area contributed by atoms with Crippen molar-refractivity contribution in [2.45, 2.75) is 12.8 Å². The third-order valence-corrected chi connectivity index (χ3v) is 5.41. The van der Waals surface area contributed by atoms with Gasteiger partial charge in [0.1, 0.15) is 0 Å². The second-order valence-electron chi connectivity index (χ2n) is 6.29. The number of hydrogen-bond donors (Lipinski definition) is 1. The molecule has 5 nitrogen and oxygen atoms in total. The quantitative estimate of drug-likeness (QED) is 0.774. The van der Waals surface area contributed by atoms with Gasteiger partial charge in [0.25, 0.3) is 0 Å². The van der Waals surface area contributed by atoms with Crippen LogP contribution >= 0.6 is 28.1 Å². The van der Waals surface area contributed by atoms with E-state index in [9.17, 15) is 4.79 Å². The van der Waals surface area contributed by atoms with Crippen LogP contribution in [-0.4, -0.2) is 71.5 Å². The number of carbonyl (C=O) groups excluding carboxylic acids is 1. The van der Waals surface area contributed by atoms with Crippen molar-refractivity contribution in [1.29, 1.82) is 0 Å². The lowest BCUT2D eigenvalue weighted by Gasteiger charge is -2.36. The number of thiocarbonyl (C=S) groups is 1. The van der Waals surface area contributed by atoms with Gasteiger partial charge >= 0.3 is 0 Å². The van der Waals surface area contributed by atoms with Crippen LogP contribution in [0.15, 0.2) is 28.7 Å². The van der Waals surface area contributed by atoms with Crippen LogP contribution in [0.5, 0.6) is 0 Å². The van der Waals surface area contributed by atoms with Crippen molar-refractivity contribution in [2.75, 3.05) is 51.1 Å². The maximum atomic E-state index is 12.2. The normalized spacial score (nSPS) is 18.7. The average Bonchev–Trinajstić information content (AvgIpc) is 3.10. The van der Waals surface area contributed by atoms with Gasteiger partial charge in [0, 0.05) is 49.4 Å². The number of piperazine rings is 1. The van der Waals surface area contributed by atoms with Gasteiger partial charge in [-0.1, -0.05) is 22.0 Å². The third kappa shape index (κ3) is 4.68. The summed E-state index contributed by atoms with van der Waals surface area (Å²) < 4.78 is 1.03. The van der Waals surface area contributed by atoms with Gasteiger partial charge in [-0.25, -0.2) is 0 Å². The van der Waals surface area contributed by atoms with Crippen LogP contribution in [-0.2, 0) is 4.79 Å². The van der Waals surface area contributed by atoms with E-state index in [1.807, 2.05) is 29.2 Å². The highest BCUT2D eigenvalue weighted by molar-refractivity contribution is 9.10. The van der Waals surface area contributed by atoms with E-state index in [1.165, 1.54) is 0 Å². The van der Waals surface area contributed by atoms with Crippen molar-refractivity contribution in [3.63, 3.8) is 0 Å². The monoisotopic (exact) mass is 410 g/mol. The Morgan fingerprint density at radius 2 is 1.79 bits per heavy atom. The zero-order valence-electron chi connectivity index (χ0n) is 13.7. The Morgan fingerprint density at radius 1 is 1.08 bits per heavy atom. The fourth-order valence-electron chi connectivity index (χ4n) is 3.14. The molecule has 2 fully saturated rings. The summed E-state index contributed by atoms with van der Waals surface area (Å²) in [6.07, 6.45) is 2.30. The molecule has 0 aliphatic carbocycles. The van der Waals surface area contributed by atoms with Crippen LogP contribution in [0.25, 0.3) is 0 Å². The molecule has 2 aliphatic rings. The summed E-state index contributed by atoms with van der Waals surface area (Å²) in [5.41, 5.74) is 0.987. The van der Waals surface area contributed by atoms with E-state index in [2.05, 4.69) is 31.0 Å². The number of benzene rings is 1. The number of amides is 1. The molecule has 3 rings (SSSR count). The van der Waals surface area contributed by atoms with Crippen molar-refractivity contribution in [3.8, 4) is 0 Å². The molecule has 2 saturated heterocycles. The molecule has 1 aromatic rings. The topological polar surface area (TPSA) is 38.8 Å². The predicted molar refractivity (Wildman–Crippen MR) is 104 cm³/mol. The Balaban J connectivity index is 1.44. The minimum absolute atomic E-state index is 0.274. The maximum absolute atomic E-state index is 12.2. The van der Waals surface area contributed by atoms with Crippen molar-refractivity contribution >= 4 is 44.9 Å². The largest absolute Gasteiger partial charge is 0.346 e. The minimum atomic E-state index is 0.274. The molecule has 0 radical (unpaired) electrons. The Bertz CT molecular complexity index is 598. The van der Waals surface area contributed by atoms with E-state index >= 15 is 0 Å². The molecule has 24 heavy (non-hydrogen) atoms. The van der Waals surface area contributed by atoms with E-state index < -0.39 is 0 Å². The molecule has 0 unspecified atom stereocenters. The molecule has 2 heterocycles. The Morgan fingerprint density at radius 3 is 2.46 bits per heavy atom. The summed E-state index contributed by atoms with van der Waals surface area (Å²) in [5.74, 6) is 0.274. The van der Waals surface area contributed by atoms with Crippen molar-refractivity contribution in [2.24, 2.45) is 0 Å². The van der Waals surface area contributed by atoms with Gasteiger partial charge in [-0.15, -0.1) is 0 Å². The second kappa shape index (κ2) is 8.27. The van der Waals surface area contributed by atoms with Gasteiger partial charge in [0.05, 0.1) is 6.54 Å². The summed E-state index contributed by atoms with van der Waals surface area (Å²) in [6.45, 7) is 5.86. The Kier molecular flexibility index (Phi) is 6.08. The van der Waals surface area contributed by atoms with Crippen molar-refractivity contribution < 1.29 is 4.79 Å². The molecule has 1 N–H and O–H groups in total. The lowest BCUT2D eigenvalue weighted by molar-refractivity contribution is -0.131. The fraction of sp³-hybridized carbons (Fsp3) is 0.529. The van der Waals surface area contributed by atoms with E-state index in [-0.39, 0.29) is 5.91 Å². The number of likely N-dealkylation sites (tertiary alicyclic amines) is 1.